The minimum Gasteiger partial charge on any atom is -0.222 e. The molecule has 9 heteroatoms. The van der Waals surface area contributed by atoms with E-state index in [4.69, 9.17) is 0 Å². The van der Waals surface area contributed by atoms with Crippen LogP contribution >= 0.6 is 27.3 Å². The van der Waals surface area contributed by atoms with Gasteiger partial charge in [-0.15, -0.1) is 11.3 Å². The second-order valence-corrected chi connectivity index (χ2v) is 11.7. The van der Waals surface area contributed by atoms with Crippen molar-refractivity contribution < 1.29 is 16.8 Å². The Kier molecular flexibility index (Phi) is 6.17. The van der Waals surface area contributed by atoms with Crippen LogP contribution in [0.25, 0.3) is 0 Å². The molecule has 0 bridgehead atoms. The molecular weight excluding hydrogens is 470 g/mol. The van der Waals surface area contributed by atoms with Crippen LogP contribution in [0.5, 0.6) is 0 Å². The number of benzene rings is 2. The van der Waals surface area contributed by atoms with Gasteiger partial charge in [0.2, 0.25) is 10.0 Å². The Labute approximate surface area is 171 Å². The van der Waals surface area contributed by atoms with E-state index >= 15 is 0 Å². The molecule has 1 N–H and O–H groups in total. The van der Waals surface area contributed by atoms with Gasteiger partial charge in [0.05, 0.1) is 4.90 Å². The van der Waals surface area contributed by atoms with E-state index in [0.717, 1.165) is 15.8 Å². The number of thiophene rings is 1. The van der Waals surface area contributed by atoms with Gasteiger partial charge in [-0.25, -0.2) is 21.6 Å². The van der Waals surface area contributed by atoms with Gasteiger partial charge in [0, 0.05) is 11.0 Å². The Balaban J connectivity index is 1.92. The second-order valence-electron chi connectivity index (χ2n) is 5.68. The lowest BCUT2D eigenvalue weighted by Gasteiger charge is -2.18. The van der Waals surface area contributed by atoms with Crippen molar-refractivity contribution in [1.82, 2.24) is 4.72 Å². The summed E-state index contributed by atoms with van der Waals surface area (Å²) >= 11 is 4.37. The van der Waals surface area contributed by atoms with Crippen molar-refractivity contribution in [3.8, 4) is 0 Å². The van der Waals surface area contributed by atoms with Crippen LogP contribution in [0.1, 0.15) is 10.8 Å². The molecule has 0 radical (unpaired) electrons. The molecule has 0 aliphatic heterocycles. The lowest BCUT2D eigenvalue weighted by molar-refractivity contribution is 0.570. The fraction of sp³-hybridized carbons (Fsp3) is 0.111. The van der Waals surface area contributed by atoms with Crippen LogP contribution in [0.4, 0.5) is 0 Å². The Morgan fingerprint density at radius 2 is 1.56 bits per heavy atom. The van der Waals surface area contributed by atoms with Gasteiger partial charge >= 0.3 is 0 Å². The van der Waals surface area contributed by atoms with Crippen LogP contribution in [0.15, 0.2) is 85.7 Å². The quantitative estimate of drug-likeness (QED) is 0.548. The lowest BCUT2D eigenvalue weighted by Crippen LogP contribution is -2.31. The van der Waals surface area contributed by atoms with E-state index in [0.29, 0.717) is 5.56 Å². The number of halogens is 1. The molecule has 0 amide bonds. The summed E-state index contributed by atoms with van der Waals surface area (Å²) in [6.07, 6.45) is 0. The highest BCUT2D eigenvalue weighted by Gasteiger charge is 2.31. The monoisotopic (exact) mass is 485 g/mol. The molecular formula is C18H16BrNO4S3. The van der Waals surface area contributed by atoms with Crippen LogP contribution in [-0.4, -0.2) is 23.4 Å². The first-order valence-corrected chi connectivity index (χ1v) is 12.6. The fourth-order valence-corrected chi connectivity index (χ4v) is 6.81. The smallest absolute Gasteiger partial charge is 0.222 e. The maximum absolute atomic E-state index is 13.1. The van der Waals surface area contributed by atoms with Gasteiger partial charge in [0.15, 0.2) is 9.84 Å². The molecule has 0 spiro atoms. The summed E-state index contributed by atoms with van der Waals surface area (Å²) in [4.78, 5) is 0.0750. The third-order valence-corrected chi connectivity index (χ3v) is 9.40. The van der Waals surface area contributed by atoms with Crippen molar-refractivity contribution in [3.05, 3.63) is 82.1 Å². The maximum atomic E-state index is 13.1. The van der Waals surface area contributed by atoms with Crippen molar-refractivity contribution in [1.29, 1.82) is 0 Å². The Morgan fingerprint density at radius 3 is 2.15 bits per heavy atom. The molecule has 142 valence electrons. The molecule has 0 aliphatic rings. The molecule has 2 aromatic carbocycles. The molecule has 1 heterocycles. The van der Waals surface area contributed by atoms with Gasteiger partial charge in [-0.1, -0.05) is 52.3 Å². The highest BCUT2D eigenvalue weighted by molar-refractivity contribution is 9.10. The average Bonchev–Trinajstić information content (AvgIpc) is 3.18. The lowest BCUT2D eigenvalue weighted by atomic mass is 10.1. The Hall–Kier alpha value is -1.52. The molecule has 0 saturated carbocycles. The molecule has 0 saturated heterocycles. The summed E-state index contributed by atoms with van der Waals surface area (Å²) in [6.45, 7) is -0.261. The average molecular weight is 486 g/mol. The van der Waals surface area contributed by atoms with Crippen LogP contribution < -0.4 is 4.72 Å². The van der Waals surface area contributed by atoms with Crippen molar-refractivity contribution in [2.24, 2.45) is 0 Å². The second kappa shape index (κ2) is 8.24. The molecule has 5 nitrogen and oxygen atoms in total. The molecule has 1 atom stereocenters. The fourth-order valence-electron chi connectivity index (χ4n) is 2.52. The number of hydrogen-bond donors (Lipinski definition) is 1. The number of sulfonamides is 1. The van der Waals surface area contributed by atoms with Gasteiger partial charge in [-0.2, -0.15) is 0 Å². The first kappa shape index (κ1) is 20.2. The van der Waals surface area contributed by atoms with E-state index in [1.165, 1.54) is 18.2 Å². The number of nitrogens with one attached hydrogen (secondary N) is 1. The van der Waals surface area contributed by atoms with Crippen LogP contribution in [0, 0.1) is 0 Å². The van der Waals surface area contributed by atoms with E-state index in [-0.39, 0.29) is 15.6 Å². The number of hydrogen-bond acceptors (Lipinski definition) is 5. The SMILES string of the molecule is O=S(=O)(NC[C@H](c1ccccc1)S(=O)(=O)c1cccs1)c1ccc(Br)cc1. The molecule has 27 heavy (non-hydrogen) atoms. The molecule has 0 fully saturated rings. The summed E-state index contributed by atoms with van der Waals surface area (Å²) in [6, 6.07) is 17.9. The highest BCUT2D eigenvalue weighted by atomic mass is 79.9. The third-order valence-electron chi connectivity index (χ3n) is 3.90. The zero-order valence-electron chi connectivity index (χ0n) is 13.9. The highest BCUT2D eigenvalue weighted by Crippen LogP contribution is 2.31. The summed E-state index contributed by atoms with van der Waals surface area (Å²) in [5.74, 6) is 0. The third kappa shape index (κ3) is 4.67. The van der Waals surface area contributed by atoms with Crippen LogP contribution in [0.2, 0.25) is 0 Å². The van der Waals surface area contributed by atoms with Crippen molar-refractivity contribution >= 4 is 47.1 Å². The molecule has 1 aromatic heterocycles. The Bertz CT molecular complexity index is 1100. The summed E-state index contributed by atoms with van der Waals surface area (Å²) < 4.78 is 54.7. The van der Waals surface area contributed by atoms with E-state index in [2.05, 4.69) is 20.7 Å². The summed E-state index contributed by atoms with van der Waals surface area (Å²) in [5, 5.41) is 0.656. The van der Waals surface area contributed by atoms with E-state index in [9.17, 15) is 16.8 Å². The molecule has 3 rings (SSSR count). The predicted molar refractivity (Wildman–Crippen MR) is 110 cm³/mol. The summed E-state index contributed by atoms with van der Waals surface area (Å²) in [7, 11) is -7.58. The van der Waals surface area contributed by atoms with E-state index < -0.39 is 25.1 Å². The van der Waals surface area contributed by atoms with Gasteiger partial charge in [0.1, 0.15) is 9.46 Å². The maximum Gasteiger partial charge on any atom is 0.240 e. The van der Waals surface area contributed by atoms with Gasteiger partial charge in [-0.3, -0.25) is 0 Å². The van der Waals surface area contributed by atoms with E-state index in [1.807, 2.05) is 0 Å². The van der Waals surface area contributed by atoms with Crippen molar-refractivity contribution in [2.75, 3.05) is 6.54 Å². The molecule has 0 aliphatic carbocycles. The van der Waals surface area contributed by atoms with Gasteiger partial charge in [0.25, 0.3) is 0 Å². The van der Waals surface area contributed by atoms with Gasteiger partial charge < -0.3 is 0 Å². The molecule has 0 unspecified atom stereocenters. The zero-order valence-corrected chi connectivity index (χ0v) is 18.0. The first-order valence-electron chi connectivity index (χ1n) is 7.88. The molecule has 3 aromatic rings. The minimum absolute atomic E-state index is 0.0750. The van der Waals surface area contributed by atoms with Crippen molar-refractivity contribution in [2.45, 2.75) is 14.4 Å². The zero-order chi connectivity index (χ0) is 19.5. The van der Waals surface area contributed by atoms with E-state index in [1.54, 1.807) is 53.9 Å². The number of rotatable bonds is 7. The summed E-state index contributed by atoms with van der Waals surface area (Å²) in [5.41, 5.74) is 0.532. The largest absolute Gasteiger partial charge is 0.240 e. The van der Waals surface area contributed by atoms with Crippen LogP contribution in [0.3, 0.4) is 0 Å². The predicted octanol–water partition coefficient (Wildman–Crippen LogP) is 4.00. The minimum atomic E-state index is -3.84. The normalized spacial score (nSPS) is 13.4. The topological polar surface area (TPSA) is 80.3 Å². The standard InChI is InChI=1S/C18H16BrNO4S3/c19-15-8-10-16(11-9-15)27(23,24)20-13-17(14-5-2-1-3-6-14)26(21,22)18-7-4-12-25-18/h1-12,17,20H,13H2/t17-/m1/s1. The Morgan fingerprint density at radius 1 is 0.889 bits per heavy atom. The van der Waals surface area contributed by atoms with Gasteiger partial charge in [-0.05, 0) is 41.3 Å². The first-order chi connectivity index (χ1) is 12.8. The number of sulfone groups is 1. The van der Waals surface area contributed by atoms with Crippen LogP contribution in [-0.2, 0) is 19.9 Å². The van der Waals surface area contributed by atoms with Crippen molar-refractivity contribution in [3.63, 3.8) is 0 Å².